The van der Waals surface area contributed by atoms with E-state index in [1.54, 1.807) is 32.2 Å². The molecule has 1 heterocycles. The molecule has 3 rings (SSSR count). The first kappa shape index (κ1) is 27.4. The molecule has 2 aromatic carbocycles. The van der Waals surface area contributed by atoms with E-state index in [0.29, 0.717) is 29.3 Å². The number of benzene rings is 2. The molecular weight excluding hydrogens is 491 g/mol. The number of hydrogen-bond donors (Lipinski definition) is 2. The average Bonchev–Trinajstić information content (AvgIpc) is 2.89. The van der Waals surface area contributed by atoms with Crippen LogP contribution >= 0.6 is 0 Å². The summed E-state index contributed by atoms with van der Waals surface area (Å²) in [6.07, 6.45) is -3.07. The molecule has 0 bridgehead atoms. The summed E-state index contributed by atoms with van der Waals surface area (Å²) in [6.45, 7) is 0.840. The maximum atomic E-state index is 12.5. The van der Waals surface area contributed by atoms with Crippen molar-refractivity contribution >= 4 is 6.03 Å². The van der Waals surface area contributed by atoms with Gasteiger partial charge in [-0.25, -0.2) is 4.79 Å². The second-order valence-electron chi connectivity index (χ2n) is 7.94. The lowest BCUT2D eigenvalue weighted by molar-refractivity contribution is -0.153. The van der Waals surface area contributed by atoms with Gasteiger partial charge in [-0.15, -0.1) is 0 Å². The fourth-order valence-electron chi connectivity index (χ4n) is 3.28. The average molecular weight is 520 g/mol. The zero-order chi connectivity index (χ0) is 26.8. The molecule has 0 radical (unpaired) electrons. The summed E-state index contributed by atoms with van der Waals surface area (Å²) in [6, 6.07) is 13.6. The SMILES string of the molecule is COc1ccc(CNC(=O)NCc2ccc(OCc3nccc(OCC(F)(F)F)c3C)c(OC)c2)cc1. The van der Waals surface area contributed by atoms with Gasteiger partial charge in [0.05, 0.1) is 19.9 Å². The van der Waals surface area contributed by atoms with Gasteiger partial charge in [-0.1, -0.05) is 18.2 Å². The van der Waals surface area contributed by atoms with Crippen molar-refractivity contribution in [2.45, 2.75) is 32.8 Å². The fraction of sp³-hybridized carbons (Fsp3) is 0.308. The molecule has 8 nitrogen and oxygen atoms in total. The van der Waals surface area contributed by atoms with Crippen LogP contribution in [0.2, 0.25) is 0 Å². The molecule has 0 aliphatic rings. The van der Waals surface area contributed by atoms with E-state index >= 15 is 0 Å². The minimum Gasteiger partial charge on any atom is -0.497 e. The van der Waals surface area contributed by atoms with Crippen molar-refractivity contribution in [1.29, 1.82) is 0 Å². The van der Waals surface area contributed by atoms with Gasteiger partial charge in [-0.05, 0) is 48.4 Å². The normalized spacial score (nSPS) is 11.0. The minimum absolute atomic E-state index is 0.00320. The third-order valence-corrected chi connectivity index (χ3v) is 5.31. The van der Waals surface area contributed by atoms with Crippen molar-refractivity contribution in [3.05, 3.63) is 77.1 Å². The van der Waals surface area contributed by atoms with Gasteiger partial charge >= 0.3 is 12.2 Å². The van der Waals surface area contributed by atoms with Crippen LogP contribution in [0, 0.1) is 6.92 Å². The zero-order valence-corrected chi connectivity index (χ0v) is 20.6. The first-order chi connectivity index (χ1) is 17.7. The fourth-order valence-corrected chi connectivity index (χ4v) is 3.28. The Labute approximate surface area is 212 Å². The van der Waals surface area contributed by atoms with Crippen LogP contribution < -0.4 is 29.6 Å². The predicted molar refractivity (Wildman–Crippen MR) is 130 cm³/mol. The van der Waals surface area contributed by atoms with Crippen LogP contribution in [0.3, 0.4) is 0 Å². The molecule has 3 aromatic rings. The third-order valence-electron chi connectivity index (χ3n) is 5.31. The quantitative estimate of drug-likeness (QED) is 0.374. The van der Waals surface area contributed by atoms with Crippen molar-refractivity contribution in [3.63, 3.8) is 0 Å². The number of amides is 2. The van der Waals surface area contributed by atoms with E-state index in [-0.39, 0.29) is 24.9 Å². The molecule has 37 heavy (non-hydrogen) atoms. The van der Waals surface area contributed by atoms with E-state index in [1.807, 2.05) is 24.3 Å². The van der Waals surface area contributed by atoms with Gasteiger partial charge in [0.1, 0.15) is 18.1 Å². The number of carbonyl (C=O) groups is 1. The Bertz CT molecular complexity index is 1190. The number of alkyl halides is 3. The molecule has 0 aliphatic carbocycles. The molecule has 0 spiro atoms. The number of pyridine rings is 1. The van der Waals surface area contributed by atoms with E-state index < -0.39 is 12.8 Å². The molecule has 198 valence electrons. The van der Waals surface area contributed by atoms with Gasteiger partial charge < -0.3 is 29.6 Å². The Kier molecular flexibility index (Phi) is 9.42. The number of carbonyl (C=O) groups excluding carboxylic acids is 1. The topological polar surface area (TPSA) is 90.9 Å². The van der Waals surface area contributed by atoms with Gasteiger partial charge in [0.25, 0.3) is 0 Å². The summed E-state index contributed by atoms with van der Waals surface area (Å²) < 4.78 is 58.6. The van der Waals surface area contributed by atoms with E-state index in [4.69, 9.17) is 18.9 Å². The van der Waals surface area contributed by atoms with E-state index in [1.165, 1.54) is 19.4 Å². The Hall–Kier alpha value is -4.15. The van der Waals surface area contributed by atoms with Gasteiger partial charge in [-0.2, -0.15) is 13.2 Å². The zero-order valence-electron chi connectivity index (χ0n) is 20.6. The van der Waals surface area contributed by atoms with Gasteiger partial charge in [-0.3, -0.25) is 4.98 Å². The van der Waals surface area contributed by atoms with Gasteiger partial charge in [0.15, 0.2) is 18.1 Å². The van der Waals surface area contributed by atoms with Crippen LogP contribution in [0.4, 0.5) is 18.0 Å². The first-order valence-corrected chi connectivity index (χ1v) is 11.3. The molecular formula is C26H28F3N3O5. The molecule has 2 N–H and O–H groups in total. The molecule has 0 unspecified atom stereocenters. The third kappa shape index (κ3) is 8.48. The van der Waals surface area contributed by atoms with Crippen LogP contribution in [-0.2, 0) is 19.7 Å². The Morgan fingerprint density at radius 3 is 2.19 bits per heavy atom. The van der Waals surface area contributed by atoms with Crippen molar-refractivity contribution in [2.75, 3.05) is 20.8 Å². The number of rotatable bonds is 11. The van der Waals surface area contributed by atoms with Crippen molar-refractivity contribution in [3.8, 4) is 23.0 Å². The maximum absolute atomic E-state index is 12.5. The summed E-state index contributed by atoms with van der Waals surface area (Å²) in [7, 11) is 3.07. The number of nitrogens with one attached hydrogen (secondary N) is 2. The first-order valence-electron chi connectivity index (χ1n) is 11.3. The van der Waals surface area contributed by atoms with Crippen LogP contribution in [0.25, 0.3) is 0 Å². The summed E-state index contributed by atoms with van der Waals surface area (Å²) in [5.41, 5.74) is 2.59. The summed E-state index contributed by atoms with van der Waals surface area (Å²) >= 11 is 0. The summed E-state index contributed by atoms with van der Waals surface area (Å²) in [5.74, 6) is 1.67. The molecule has 0 saturated carbocycles. The van der Waals surface area contributed by atoms with Crippen LogP contribution in [-0.4, -0.2) is 38.0 Å². The Morgan fingerprint density at radius 2 is 1.54 bits per heavy atom. The molecule has 2 amide bonds. The van der Waals surface area contributed by atoms with Gasteiger partial charge in [0, 0.05) is 24.8 Å². The summed E-state index contributed by atoms with van der Waals surface area (Å²) in [5, 5.41) is 5.57. The highest BCUT2D eigenvalue weighted by atomic mass is 19.4. The van der Waals surface area contributed by atoms with E-state index in [0.717, 1.165) is 16.9 Å². The van der Waals surface area contributed by atoms with Crippen molar-refractivity contribution < 1.29 is 36.9 Å². The van der Waals surface area contributed by atoms with Crippen molar-refractivity contribution in [2.24, 2.45) is 0 Å². The monoisotopic (exact) mass is 519 g/mol. The smallest absolute Gasteiger partial charge is 0.422 e. The lowest BCUT2D eigenvalue weighted by Gasteiger charge is -2.15. The Balaban J connectivity index is 1.53. The molecule has 11 heteroatoms. The highest BCUT2D eigenvalue weighted by molar-refractivity contribution is 5.73. The number of nitrogens with zero attached hydrogens (tertiary/aromatic N) is 1. The molecule has 0 aliphatic heterocycles. The number of ether oxygens (including phenoxy) is 4. The lowest BCUT2D eigenvalue weighted by Crippen LogP contribution is -2.34. The highest BCUT2D eigenvalue weighted by Gasteiger charge is 2.28. The number of methoxy groups -OCH3 is 2. The largest absolute Gasteiger partial charge is 0.497 e. The summed E-state index contributed by atoms with van der Waals surface area (Å²) in [4.78, 5) is 16.4. The van der Waals surface area contributed by atoms with Crippen LogP contribution in [0.1, 0.15) is 22.4 Å². The second-order valence-corrected chi connectivity index (χ2v) is 7.94. The molecule has 0 fully saturated rings. The van der Waals surface area contributed by atoms with Crippen LogP contribution in [0.5, 0.6) is 23.0 Å². The second kappa shape index (κ2) is 12.7. The number of halogens is 3. The predicted octanol–water partition coefficient (Wildman–Crippen LogP) is 4.93. The van der Waals surface area contributed by atoms with Gasteiger partial charge in [0.2, 0.25) is 0 Å². The van der Waals surface area contributed by atoms with Crippen LogP contribution in [0.15, 0.2) is 54.7 Å². The van der Waals surface area contributed by atoms with Crippen molar-refractivity contribution in [1.82, 2.24) is 15.6 Å². The number of hydrogen-bond acceptors (Lipinski definition) is 6. The standard InChI is InChI=1S/C26H28F3N3O5/c1-17-21(30-11-10-22(17)37-16-26(27,28)29)15-36-23-9-6-19(12-24(23)35-3)14-32-25(33)31-13-18-4-7-20(34-2)8-5-18/h4-12H,13-16H2,1-3H3,(H2,31,32,33). The highest BCUT2D eigenvalue weighted by Crippen LogP contribution is 2.30. The molecule has 1 aromatic heterocycles. The molecule has 0 saturated heterocycles. The number of aromatic nitrogens is 1. The van der Waals surface area contributed by atoms with E-state index in [2.05, 4.69) is 15.6 Å². The Morgan fingerprint density at radius 1 is 0.865 bits per heavy atom. The van der Waals surface area contributed by atoms with E-state index in [9.17, 15) is 18.0 Å². The lowest BCUT2D eigenvalue weighted by atomic mass is 10.2. The molecule has 0 atom stereocenters. The minimum atomic E-state index is -4.44. The maximum Gasteiger partial charge on any atom is 0.422 e. The number of urea groups is 1.